The van der Waals surface area contributed by atoms with Gasteiger partial charge in [0.1, 0.15) is 0 Å². The Kier molecular flexibility index (Phi) is 12.8. The second kappa shape index (κ2) is 12.9. The molecule has 0 radical (unpaired) electrons. The quantitative estimate of drug-likeness (QED) is 0.493. The fourth-order valence-electron chi connectivity index (χ4n) is 1.46. The van der Waals surface area contributed by atoms with Crippen LogP contribution in [0.4, 0.5) is 0 Å². The van der Waals surface area contributed by atoms with Gasteiger partial charge in [0.05, 0.1) is 12.7 Å². The highest BCUT2D eigenvalue weighted by Crippen LogP contribution is 1.90. The smallest absolute Gasteiger partial charge is 0.0928 e. The largest absolute Gasteiger partial charge is 0.382 e. The standard InChI is InChI=1S/C12H28N2O2/c1-4-7-13-8-5-6-9-14-10-12(16-3)11-15-2/h12-14H,4-11H2,1-3H3. The maximum absolute atomic E-state index is 5.25. The lowest BCUT2D eigenvalue weighted by atomic mass is 10.3. The molecule has 0 bridgehead atoms. The van der Waals surface area contributed by atoms with Crippen LogP contribution in [-0.2, 0) is 9.47 Å². The molecule has 0 aromatic carbocycles. The first kappa shape index (κ1) is 15.8. The lowest BCUT2D eigenvalue weighted by Gasteiger charge is -2.14. The lowest BCUT2D eigenvalue weighted by Crippen LogP contribution is -2.32. The summed E-state index contributed by atoms with van der Waals surface area (Å²) < 4.78 is 10.3. The van der Waals surface area contributed by atoms with E-state index >= 15 is 0 Å². The first-order chi connectivity index (χ1) is 7.85. The molecule has 0 rings (SSSR count). The Morgan fingerprint density at radius 2 is 1.69 bits per heavy atom. The molecular formula is C12H28N2O2. The Morgan fingerprint density at radius 1 is 1.00 bits per heavy atom. The normalized spacial score (nSPS) is 12.9. The van der Waals surface area contributed by atoms with Crippen molar-refractivity contribution in [2.45, 2.75) is 32.3 Å². The number of nitrogens with one attached hydrogen (secondary N) is 2. The van der Waals surface area contributed by atoms with Crippen molar-refractivity contribution in [3.63, 3.8) is 0 Å². The van der Waals surface area contributed by atoms with E-state index in [9.17, 15) is 0 Å². The molecule has 4 nitrogen and oxygen atoms in total. The summed E-state index contributed by atoms with van der Waals surface area (Å²) in [5, 5.41) is 6.77. The number of hydrogen-bond acceptors (Lipinski definition) is 4. The molecule has 0 saturated carbocycles. The second-order valence-electron chi connectivity index (χ2n) is 3.97. The molecule has 0 saturated heterocycles. The van der Waals surface area contributed by atoms with Gasteiger partial charge < -0.3 is 20.1 Å². The number of ether oxygens (including phenoxy) is 2. The summed E-state index contributed by atoms with van der Waals surface area (Å²) in [6, 6.07) is 0. The maximum Gasteiger partial charge on any atom is 0.0928 e. The van der Waals surface area contributed by atoms with Crippen LogP contribution in [0.3, 0.4) is 0 Å². The summed E-state index contributed by atoms with van der Waals surface area (Å²) in [5.74, 6) is 0. The Morgan fingerprint density at radius 3 is 2.25 bits per heavy atom. The van der Waals surface area contributed by atoms with Crippen molar-refractivity contribution in [1.82, 2.24) is 10.6 Å². The van der Waals surface area contributed by atoms with E-state index in [4.69, 9.17) is 9.47 Å². The molecule has 0 amide bonds. The predicted octanol–water partition coefficient (Wildman–Crippen LogP) is 1.02. The molecule has 0 aromatic heterocycles. The van der Waals surface area contributed by atoms with Gasteiger partial charge in [-0.25, -0.2) is 0 Å². The van der Waals surface area contributed by atoms with Crippen molar-refractivity contribution in [2.75, 3.05) is 47.0 Å². The van der Waals surface area contributed by atoms with E-state index in [0.717, 1.165) is 26.2 Å². The van der Waals surface area contributed by atoms with E-state index in [0.29, 0.717) is 6.61 Å². The molecule has 0 aliphatic rings. The van der Waals surface area contributed by atoms with Gasteiger partial charge in [-0.1, -0.05) is 6.92 Å². The molecule has 0 aromatic rings. The van der Waals surface area contributed by atoms with Crippen LogP contribution < -0.4 is 10.6 Å². The van der Waals surface area contributed by atoms with Crippen LogP contribution in [0.25, 0.3) is 0 Å². The summed E-state index contributed by atoms with van der Waals surface area (Å²) in [7, 11) is 3.42. The molecule has 16 heavy (non-hydrogen) atoms. The third-order valence-corrected chi connectivity index (χ3v) is 2.44. The van der Waals surface area contributed by atoms with E-state index in [1.54, 1.807) is 14.2 Å². The highest BCUT2D eigenvalue weighted by molar-refractivity contribution is 4.60. The minimum Gasteiger partial charge on any atom is -0.382 e. The van der Waals surface area contributed by atoms with Gasteiger partial charge in [-0.05, 0) is 38.9 Å². The third kappa shape index (κ3) is 10.4. The van der Waals surface area contributed by atoms with Crippen molar-refractivity contribution in [3.8, 4) is 0 Å². The third-order valence-electron chi connectivity index (χ3n) is 2.44. The molecule has 2 N–H and O–H groups in total. The van der Waals surface area contributed by atoms with Crippen molar-refractivity contribution < 1.29 is 9.47 Å². The zero-order valence-electron chi connectivity index (χ0n) is 11.1. The van der Waals surface area contributed by atoms with Crippen molar-refractivity contribution in [1.29, 1.82) is 0 Å². The zero-order chi connectivity index (χ0) is 12.1. The van der Waals surface area contributed by atoms with Crippen LogP contribution in [0.2, 0.25) is 0 Å². The van der Waals surface area contributed by atoms with Gasteiger partial charge in [-0.2, -0.15) is 0 Å². The molecule has 1 unspecified atom stereocenters. The summed E-state index contributed by atoms with van der Waals surface area (Å²) in [5.41, 5.74) is 0. The lowest BCUT2D eigenvalue weighted by molar-refractivity contribution is 0.0290. The van der Waals surface area contributed by atoms with E-state index in [1.807, 2.05) is 0 Å². The number of hydrogen-bond donors (Lipinski definition) is 2. The van der Waals surface area contributed by atoms with Crippen LogP contribution in [0.5, 0.6) is 0 Å². The minimum absolute atomic E-state index is 0.170. The van der Waals surface area contributed by atoms with E-state index in [-0.39, 0.29) is 6.10 Å². The summed E-state index contributed by atoms with van der Waals surface area (Å²) in [6.45, 7) is 7.02. The van der Waals surface area contributed by atoms with Gasteiger partial charge in [0, 0.05) is 20.8 Å². The molecule has 0 fully saturated rings. The Bertz CT molecular complexity index is 134. The molecule has 4 heteroatoms. The molecule has 0 spiro atoms. The summed E-state index contributed by atoms with van der Waals surface area (Å²) in [4.78, 5) is 0. The summed E-state index contributed by atoms with van der Waals surface area (Å²) >= 11 is 0. The molecule has 1 atom stereocenters. The van der Waals surface area contributed by atoms with Crippen LogP contribution in [0.15, 0.2) is 0 Å². The van der Waals surface area contributed by atoms with Gasteiger partial charge in [0.15, 0.2) is 0 Å². The van der Waals surface area contributed by atoms with Crippen LogP contribution in [0.1, 0.15) is 26.2 Å². The highest BCUT2D eigenvalue weighted by Gasteiger charge is 2.04. The number of rotatable bonds is 12. The average molecular weight is 232 g/mol. The molecule has 0 heterocycles. The minimum atomic E-state index is 0.170. The fourth-order valence-corrected chi connectivity index (χ4v) is 1.46. The van der Waals surface area contributed by atoms with Crippen LogP contribution in [0, 0.1) is 0 Å². The Balaban J connectivity index is 3.12. The average Bonchev–Trinajstić information content (AvgIpc) is 2.31. The maximum atomic E-state index is 5.25. The number of unbranched alkanes of at least 4 members (excludes halogenated alkanes) is 1. The van der Waals surface area contributed by atoms with Crippen molar-refractivity contribution in [3.05, 3.63) is 0 Å². The Labute approximate surface area is 100 Å². The van der Waals surface area contributed by atoms with Crippen LogP contribution >= 0.6 is 0 Å². The van der Waals surface area contributed by atoms with Gasteiger partial charge >= 0.3 is 0 Å². The second-order valence-corrected chi connectivity index (χ2v) is 3.97. The topological polar surface area (TPSA) is 42.5 Å². The zero-order valence-corrected chi connectivity index (χ0v) is 11.1. The SMILES string of the molecule is CCCNCCCCNCC(COC)OC. The Hall–Kier alpha value is -0.160. The first-order valence-electron chi connectivity index (χ1n) is 6.28. The molecule has 0 aliphatic carbocycles. The molecule has 0 aliphatic heterocycles. The molecular weight excluding hydrogens is 204 g/mol. The van der Waals surface area contributed by atoms with Gasteiger partial charge in [0.2, 0.25) is 0 Å². The summed E-state index contributed by atoms with van der Waals surface area (Å²) in [6.07, 6.45) is 3.82. The first-order valence-corrected chi connectivity index (χ1v) is 6.28. The van der Waals surface area contributed by atoms with Gasteiger partial charge in [-0.3, -0.25) is 0 Å². The van der Waals surface area contributed by atoms with Gasteiger partial charge in [0.25, 0.3) is 0 Å². The fraction of sp³-hybridized carbons (Fsp3) is 1.00. The van der Waals surface area contributed by atoms with Gasteiger partial charge in [-0.15, -0.1) is 0 Å². The van der Waals surface area contributed by atoms with Crippen molar-refractivity contribution in [2.24, 2.45) is 0 Å². The van der Waals surface area contributed by atoms with E-state index in [2.05, 4.69) is 17.6 Å². The van der Waals surface area contributed by atoms with E-state index < -0.39 is 0 Å². The monoisotopic (exact) mass is 232 g/mol. The van der Waals surface area contributed by atoms with Crippen molar-refractivity contribution >= 4 is 0 Å². The number of methoxy groups -OCH3 is 2. The predicted molar refractivity (Wildman–Crippen MR) is 67.9 cm³/mol. The van der Waals surface area contributed by atoms with E-state index in [1.165, 1.54) is 19.3 Å². The van der Waals surface area contributed by atoms with Crippen LogP contribution in [-0.4, -0.2) is 53.1 Å². The highest BCUT2D eigenvalue weighted by atomic mass is 16.5. The molecule has 98 valence electrons.